The number of para-hydroxylation sites is 1. The molecule has 3 rings (SSSR count). The highest BCUT2D eigenvalue weighted by atomic mass is 15.0. The van der Waals surface area contributed by atoms with Crippen molar-refractivity contribution >= 4 is 17.0 Å². The van der Waals surface area contributed by atoms with E-state index in [2.05, 4.69) is 92.3 Å². The van der Waals surface area contributed by atoms with E-state index in [1.54, 1.807) is 0 Å². The Bertz CT molecular complexity index is 936. The normalized spacial score (nSPS) is 11.3. The fourth-order valence-corrected chi connectivity index (χ4v) is 3.32. The summed E-state index contributed by atoms with van der Waals surface area (Å²) < 4.78 is 2.41. The molecule has 0 atom stereocenters. The van der Waals surface area contributed by atoms with Crippen LogP contribution in [-0.4, -0.2) is 4.57 Å². The Morgan fingerprint density at radius 2 is 1.72 bits per heavy atom. The first kappa shape index (κ1) is 17.0. The zero-order chi connectivity index (χ0) is 17.8. The molecule has 0 bridgehead atoms. The van der Waals surface area contributed by atoms with Gasteiger partial charge in [0.1, 0.15) is 0 Å². The Labute approximate surface area is 150 Å². The minimum Gasteiger partial charge on any atom is -0.336 e. The van der Waals surface area contributed by atoms with Crippen LogP contribution in [0.5, 0.6) is 0 Å². The van der Waals surface area contributed by atoms with Gasteiger partial charge in [-0.2, -0.15) is 0 Å². The second-order valence-electron chi connectivity index (χ2n) is 6.47. The van der Waals surface area contributed by atoms with Crippen molar-refractivity contribution < 1.29 is 0 Å². The molecule has 0 amide bonds. The molecule has 0 spiro atoms. The highest BCUT2D eigenvalue weighted by Crippen LogP contribution is 2.27. The van der Waals surface area contributed by atoms with Gasteiger partial charge in [-0.15, -0.1) is 0 Å². The molecule has 2 aromatic carbocycles. The fourth-order valence-electron chi connectivity index (χ4n) is 3.32. The third-order valence-corrected chi connectivity index (χ3v) is 4.68. The predicted molar refractivity (Wildman–Crippen MR) is 110 cm³/mol. The summed E-state index contributed by atoms with van der Waals surface area (Å²) in [5, 5.41) is 1.33. The predicted octanol–water partition coefficient (Wildman–Crippen LogP) is 6.32. The lowest BCUT2D eigenvalue weighted by atomic mass is 10.0. The van der Waals surface area contributed by atoms with Crippen molar-refractivity contribution in [1.82, 2.24) is 4.57 Å². The largest absolute Gasteiger partial charge is 0.336 e. The van der Waals surface area contributed by atoms with Crippen molar-refractivity contribution in [3.8, 4) is 0 Å². The van der Waals surface area contributed by atoms with Gasteiger partial charge >= 0.3 is 0 Å². The monoisotopic (exact) mass is 327 g/mol. The summed E-state index contributed by atoms with van der Waals surface area (Å²) in [4.78, 5) is 0. The molecular weight excluding hydrogens is 302 g/mol. The average Bonchev–Trinajstić information content (AvgIpc) is 2.90. The SMILES string of the molecule is C=CC(=C)Cc1ccc(Cn2c(/C=C\C)c(C)c3ccccc32)cc1. The zero-order valence-corrected chi connectivity index (χ0v) is 15.1. The molecule has 1 heteroatoms. The summed E-state index contributed by atoms with van der Waals surface area (Å²) in [5.41, 5.74) is 7.54. The maximum atomic E-state index is 4.00. The molecule has 0 unspecified atom stereocenters. The first-order valence-electron chi connectivity index (χ1n) is 8.72. The lowest BCUT2D eigenvalue weighted by Crippen LogP contribution is -2.02. The summed E-state index contributed by atoms with van der Waals surface area (Å²) >= 11 is 0. The lowest BCUT2D eigenvalue weighted by Gasteiger charge is -2.10. The van der Waals surface area contributed by atoms with Gasteiger partial charge in [0.25, 0.3) is 0 Å². The summed E-state index contributed by atoms with van der Waals surface area (Å²) in [5.74, 6) is 0. The maximum Gasteiger partial charge on any atom is 0.0491 e. The quantitative estimate of drug-likeness (QED) is 0.467. The number of benzene rings is 2. The van der Waals surface area contributed by atoms with Crippen molar-refractivity contribution in [1.29, 1.82) is 0 Å². The van der Waals surface area contributed by atoms with Gasteiger partial charge in [-0.25, -0.2) is 0 Å². The molecule has 0 saturated carbocycles. The molecule has 1 heterocycles. The van der Waals surface area contributed by atoms with Crippen LogP contribution in [0.15, 0.2) is 79.4 Å². The molecule has 126 valence electrons. The number of hydrogen-bond acceptors (Lipinski definition) is 0. The van der Waals surface area contributed by atoms with Crippen molar-refractivity contribution in [2.75, 3.05) is 0 Å². The summed E-state index contributed by atoms with van der Waals surface area (Å²) in [6.07, 6.45) is 7.00. The number of nitrogens with zero attached hydrogens (tertiary/aromatic N) is 1. The van der Waals surface area contributed by atoms with Gasteiger partial charge in [0.2, 0.25) is 0 Å². The van der Waals surface area contributed by atoms with Gasteiger partial charge in [0.15, 0.2) is 0 Å². The van der Waals surface area contributed by atoms with Gasteiger partial charge in [-0.3, -0.25) is 0 Å². The Hall–Kier alpha value is -2.80. The molecule has 0 saturated heterocycles. The smallest absolute Gasteiger partial charge is 0.0491 e. The number of rotatable bonds is 6. The van der Waals surface area contributed by atoms with Crippen LogP contribution in [0.1, 0.15) is 29.3 Å². The molecule has 0 N–H and O–H groups in total. The van der Waals surface area contributed by atoms with Crippen LogP contribution in [0.2, 0.25) is 0 Å². The number of fused-ring (bicyclic) bond motifs is 1. The van der Waals surface area contributed by atoms with Gasteiger partial charge in [-0.05, 0) is 49.1 Å². The van der Waals surface area contributed by atoms with E-state index in [9.17, 15) is 0 Å². The van der Waals surface area contributed by atoms with E-state index in [-0.39, 0.29) is 0 Å². The second-order valence-corrected chi connectivity index (χ2v) is 6.47. The highest BCUT2D eigenvalue weighted by Gasteiger charge is 2.11. The van der Waals surface area contributed by atoms with Crippen molar-refractivity contribution in [2.24, 2.45) is 0 Å². The van der Waals surface area contributed by atoms with Crippen LogP contribution >= 0.6 is 0 Å². The molecule has 0 aliphatic carbocycles. The Morgan fingerprint density at radius 3 is 2.40 bits per heavy atom. The Morgan fingerprint density at radius 1 is 1.04 bits per heavy atom. The van der Waals surface area contributed by atoms with Crippen LogP contribution in [0.3, 0.4) is 0 Å². The topological polar surface area (TPSA) is 4.93 Å². The van der Waals surface area contributed by atoms with Gasteiger partial charge in [-0.1, -0.05) is 73.3 Å². The van der Waals surface area contributed by atoms with E-state index in [4.69, 9.17) is 0 Å². The first-order chi connectivity index (χ1) is 12.1. The molecule has 25 heavy (non-hydrogen) atoms. The lowest BCUT2D eigenvalue weighted by molar-refractivity contribution is 0.824. The van der Waals surface area contributed by atoms with E-state index in [1.165, 1.54) is 33.3 Å². The first-order valence-corrected chi connectivity index (χ1v) is 8.72. The van der Waals surface area contributed by atoms with Crippen LogP contribution < -0.4 is 0 Å². The summed E-state index contributed by atoms with van der Waals surface area (Å²) in [6.45, 7) is 12.9. The molecular formula is C24H25N. The van der Waals surface area contributed by atoms with E-state index < -0.39 is 0 Å². The number of allylic oxidation sites excluding steroid dienone is 3. The van der Waals surface area contributed by atoms with Crippen LogP contribution in [0.25, 0.3) is 17.0 Å². The third-order valence-electron chi connectivity index (χ3n) is 4.68. The average molecular weight is 327 g/mol. The Kier molecular flexibility index (Phi) is 5.04. The van der Waals surface area contributed by atoms with Crippen LogP contribution in [-0.2, 0) is 13.0 Å². The number of hydrogen-bond donors (Lipinski definition) is 0. The molecule has 0 aliphatic rings. The van der Waals surface area contributed by atoms with E-state index in [1.807, 2.05) is 6.08 Å². The van der Waals surface area contributed by atoms with Crippen molar-refractivity contribution in [3.05, 3.63) is 102 Å². The number of aryl methyl sites for hydroxylation is 1. The summed E-state index contributed by atoms with van der Waals surface area (Å²) in [6, 6.07) is 17.5. The third kappa shape index (κ3) is 3.51. The van der Waals surface area contributed by atoms with Gasteiger partial charge in [0, 0.05) is 23.1 Å². The Balaban J connectivity index is 1.96. The number of aromatic nitrogens is 1. The standard InChI is InChI=1S/C24H25N/c1-5-9-23-19(4)22-10-7-8-11-24(22)25(23)17-21-14-12-20(13-15-21)16-18(3)6-2/h5-15H,2-3,16-17H2,1,4H3/b9-5-. The minimum atomic E-state index is 0.860. The second kappa shape index (κ2) is 7.40. The van der Waals surface area contributed by atoms with E-state index in [0.717, 1.165) is 18.5 Å². The fraction of sp³-hybridized carbons (Fsp3) is 0.167. The molecule has 0 aliphatic heterocycles. The summed E-state index contributed by atoms with van der Waals surface area (Å²) in [7, 11) is 0. The zero-order valence-electron chi connectivity index (χ0n) is 15.1. The highest BCUT2D eigenvalue weighted by molar-refractivity contribution is 5.88. The van der Waals surface area contributed by atoms with Gasteiger partial charge in [0.05, 0.1) is 0 Å². The van der Waals surface area contributed by atoms with Crippen molar-refractivity contribution in [2.45, 2.75) is 26.8 Å². The van der Waals surface area contributed by atoms with Crippen LogP contribution in [0.4, 0.5) is 0 Å². The minimum absolute atomic E-state index is 0.860. The molecule has 1 nitrogen and oxygen atoms in total. The van der Waals surface area contributed by atoms with E-state index in [0.29, 0.717) is 0 Å². The maximum absolute atomic E-state index is 4.00. The van der Waals surface area contributed by atoms with Crippen LogP contribution in [0, 0.1) is 6.92 Å². The molecule has 1 aromatic heterocycles. The molecule has 0 fully saturated rings. The van der Waals surface area contributed by atoms with E-state index >= 15 is 0 Å². The van der Waals surface area contributed by atoms with Gasteiger partial charge < -0.3 is 4.57 Å². The molecule has 3 aromatic rings. The van der Waals surface area contributed by atoms with Crippen molar-refractivity contribution in [3.63, 3.8) is 0 Å². The molecule has 0 radical (unpaired) electrons.